The predicted octanol–water partition coefficient (Wildman–Crippen LogP) is 3.42. The molecule has 0 aromatic rings. The molecule has 1 N–H and O–H groups in total. The minimum Gasteiger partial charge on any atom is -0.459 e. The van der Waals surface area contributed by atoms with Crippen molar-refractivity contribution in [1.82, 2.24) is 10.2 Å². The predicted molar refractivity (Wildman–Crippen MR) is 131 cm³/mol. The Labute approximate surface area is 204 Å². The Bertz CT molecular complexity index is 749. The average Bonchev–Trinajstić information content (AvgIpc) is 3.06. The van der Waals surface area contributed by atoms with Gasteiger partial charge >= 0.3 is 11.9 Å². The lowest BCUT2D eigenvalue weighted by Crippen LogP contribution is -2.58. The van der Waals surface area contributed by atoms with Gasteiger partial charge in [0.1, 0.15) is 29.6 Å². The van der Waals surface area contributed by atoms with Crippen molar-refractivity contribution in [1.29, 1.82) is 0 Å². The van der Waals surface area contributed by atoms with Crippen LogP contribution in [0, 0.1) is 11.8 Å². The van der Waals surface area contributed by atoms with Crippen molar-refractivity contribution < 1.29 is 28.7 Å². The molecule has 1 fully saturated rings. The van der Waals surface area contributed by atoms with Gasteiger partial charge in [0.05, 0.1) is 6.04 Å². The third-order valence-electron chi connectivity index (χ3n) is 5.53. The summed E-state index contributed by atoms with van der Waals surface area (Å²) in [4.78, 5) is 52.6. The van der Waals surface area contributed by atoms with Crippen molar-refractivity contribution in [3.8, 4) is 0 Å². The summed E-state index contributed by atoms with van der Waals surface area (Å²) in [5, 5.41) is 2.68. The van der Waals surface area contributed by atoms with Crippen molar-refractivity contribution in [3.63, 3.8) is 0 Å². The lowest BCUT2D eigenvalue weighted by atomic mass is 9.86. The van der Waals surface area contributed by atoms with Gasteiger partial charge in [0.15, 0.2) is 0 Å². The minimum absolute atomic E-state index is 0.0326. The molecule has 34 heavy (non-hydrogen) atoms. The summed E-state index contributed by atoms with van der Waals surface area (Å²) in [6, 6.07) is -2.48. The van der Waals surface area contributed by atoms with E-state index in [-0.39, 0.29) is 11.8 Å². The van der Waals surface area contributed by atoms with E-state index in [0.29, 0.717) is 32.1 Å². The van der Waals surface area contributed by atoms with Gasteiger partial charge in [-0.25, -0.2) is 0 Å². The number of hydrogen-bond acceptors (Lipinski definition) is 7. The van der Waals surface area contributed by atoms with Crippen LogP contribution < -0.4 is 5.32 Å². The third-order valence-corrected chi connectivity index (χ3v) is 5.53. The zero-order valence-electron chi connectivity index (χ0n) is 22.3. The van der Waals surface area contributed by atoms with Crippen molar-refractivity contribution in [2.24, 2.45) is 11.8 Å². The van der Waals surface area contributed by atoms with Crippen LogP contribution in [-0.2, 0) is 28.7 Å². The lowest BCUT2D eigenvalue weighted by Gasteiger charge is -2.39. The Morgan fingerprint density at radius 1 is 1.09 bits per heavy atom. The molecule has 194 valence electrons. The van der Waals surface area contributed by atoms with E-state index in [1.54, 1.807) is 41.5 Å². The maximum atomic E-state index is 13.6. The first-order valence-corrected chi connectivity index (χ1v) is 12.2. The lowest BCUT2D eigenvalue weighted by molar-refractivity contribution is -0.170. The molecule has 8 heteroatoms. The molecule has 0 spiro atoms. The van der Waals surface area contributed by atoms with E-state index < -0.39 is 47.2 Å². The molecular formula is C26H44N2O6. The first kappa shape index (κ1) is 29.8. The molecule has 0 saturated carbocycles. The zero-order chi connectivity index (χ0) is 26.3. The SMILES string of the molecule is CC=CC1CC(C(=O)OC(C)(C)C)N([C@@H](C(=O)OC(C)(C)C)[C@H](CCC)C(C=O)NC(C)=O)C1. The van der Waals surface area contributed by atoms with Crippen molar-refractivity contribution >= 4 is 24.1 Å². The average molecular weight is 481 g/mol. The second-order valence-electron chi connectivity index (χ2n) is 11.1. The molecular weight excluding hydrogens is 436 g/mol. The van der Waals surface area contributed by atoms with Crippen LogP contribution in [0.3, 0.4) is 0 Å². The van der Waals surface area contributed by atoms with Gasteiger partial charge in [0, 0.05) is 19.4 Å². The standard InChI is InChI=1S/C26H44N2O6/c1-10-12-18-14-21(23(31)33-25(4,5)6)28(15-18)22(24(32)34-26(7,8)9)19(13-11-2)20(16-29)27-17(3)30/h10,12,16,18-22H,11,13-15H2,1-9H3,(H,27,30)/t18?,19-,20?,21?,22-/m1/s1. The summed E-state index contributed by atoms with van der Waals surface area (Å²) in [5.41, 5.74) is -1.45. The summed E-state index contributed by atoms with van der Waals surface area (Å²) in [6.45, 7) is 16.4. The van der Waals surface area contributed by atoms with Gasteiger partial charge in [-0.2, -0.15) is 0 Å². The van der Waals surface area contributed by atoms with Gasteiger partial charge in [-0.3, -0.25) is 19.3 Å². The summed E-state index contributed by atoms with van der Waals surface area (Å²) >= 11 is 0. The Hall–Kier alpha value is -2.22. The first-order chi connectivity index (χ1) is 15.6. The molecule has 3 unspecified atom stereocenters. The zero-order valence-corrected chi connectivity index (χ0v) is 22.3. The van der Waals surface area contributed by atoms with Gasteiger partial charge in [0.2, 0.25) is 5.91 Å². The van der Waals surface area contributed by atoms with Crippen LogP contribution in [0.4, 0.5) is 0 Å². The van der Waals surface area contributed by atoms with Crippen molar-refractivity contribution in [2.75, 3.05) is 6.54 Å². The fourth-order valence-corrected chi connectivity index (χ4v) is 4.48. The van der Waals surface area contributed by atoms with Crippen LogP contribution >= 0.6 is 0 Å². The minimum atomic E-state index is -0.908. The maximum Gasteiger partial charge on any atom is 0.324 e. The van der Waals surface area contributed by atoms with Crippen LogP contribution in [0.15, 0.2) is 12.2 Å². The second kappa shape index (κ2) is 12.5. The number of allylic oxidation sites excluding steroid dienone is 1. The molecule has 1 rings (SSSR count). The molecule has 1 aliphatic heterocycles. The molecule has 0 aromatic carbocycles. The quantitative estimate of drug-likeness (QED) is 0.290. The Morgan fingerprint density at radius 2 is 1.68 bits per heavy atom. The van der Waals surface area contributed by atoms with Gasteiger partial charge in [-0.15, -0.1) is 0 Å². The Kier molecular flexibility index (Phi) is 10.9. The number of ether oxygens (including phenoxy) is 2. The second-order valence-corrected chi connectivity index (χ2v) is 11.1. The fraction of sp³-hybridized carbons (Fsp3) is 0.769. The fourth-order valence-electron chi connectivity index (χ4n) is 4.48. The molecule has 1 aliphatic rings. The number of carbonyl (C=O) groups is 4. The summed E-state index contributed by atoms with van der Waals surface area (Å²) in [6.07, 6.45) is 6.27. The normalized spacial score (nSPS) is 22.1. The monoisotopic (exact) mass is 480 g/mol. The molecule has 0 aliphatic carbocycles. The number of likely N-dealkylation sites (tertiary alicyclic amines) is 1. The molecule has 5 atom stereocenters. The highest BCUT2D eigenvalue weighted by atomic mass is 16.6. The third kappa shape index (κ3) is 9.20. The number of hydrogen-bond donors (Lipinski definition) is 1. The number of esters is 2. The molecule has 1 heterocycles. The number of aldehydes is 1. The van der Waals surface area contributed by atoms with Crippen LogP contribution in [0.2, 0.25) is 0 Å². The van der Waals surface area contributed by atoms with Gasteiger partial charge < -0.3 is 19.6 Å². The summed E-state index contributed by atoms with van der Waals surface area (Å²) < 4.78 is 11.5. The number of amides is 1. The highest BCUT2D eigenvalue weighted by molar-refractivity contribution is 5.82. The maximum absolute atomic E-state index is 13.6. The first-order valence-electron chi connectivity index (χ1n) is 12.2. The van der Waals surface area contributed by atoms with Crippen LogP contribution in [0.5, 0.6) is 0 Å². The van der Waals surface area contributed by atoms with E-state index in [1.165, 1.54) is 6.92 Å². The van der Waals surface area contributed by atoms with E-state index in [9.17, 15) is 19.2 Å². The smallest absolute Gasteiger partial charge is 0.324 e. The number of rotatable bonds is 10. The topological polar surface area (TPSA) is 102 Å². The highest BCUT2D eigenvalue weighted by Crippen LogP contribution is 2.34. The molecule has 0 radical (unpaired) electrons. The Morgan fingerprint density at radius 3 is 2.12 bits per heavy atom. The van der Waals surface area contributed by atoms with Crippen molar-refractivity contribution in [3.05, 3.63) is 12.2 Å². The molecule has 8 nitrogen and oxygen atoms in total. The van der Waals surface area contributed by atoms with E-state index in [4.69, 9.17) is 9.47 Å². The number of nitrogens with zero attached hydrogens (tertiary/aromatic N) is 1. The van der Waals surface area contributed by atoms with E-state index in [0.717, 1.165) is 0 Å². The largest absolute Gasteiger partial charge is 0.459 e. The highest BCUT2D eigenvalue weighted by Gasteiger charge is 2.49. The number of carbonyl (C=O) groups excluding carboxylic acids is 4. The Balaban J connectivity index is 3.58. The number of nitrogens with one attached hydrogen (secondary N) is 1. The molecule has 0 aromatic heterocycles. The van der Waals surface area contributed by atoms with Crippen molar-refractivity contribution in [2.45, 2.75) is 111 Å². The van der Waals surface area contributed by atoms with Crippen LogP contribution in [-0.4, -0.2) is 64.9 Å². The van der Waals surface area contributed by atoms with Crippen LogP contribution in [0.25, 0.3) is 0 Å². The van der Waals surface area contributed by atoms with E-state index >= 15 is 0 Å². The van der Waals surface area contributed by atoms with Gasteiger partial charge in [-0.05, 0) is 67.2 Å². The van der Waals surface area contributed by atoms with E-state index in [1.807, 2.05) is 30.9 Å². The van der Waals surface area contributed by atoms with E-state index in [2.05, 4.69) is 5.32 Å². The molecule has 1 amide bonds. The van der Waals surface area contributed by atoms with Gasteiger partial charge in [-0.1, -0.05) is 25.5 Å². The summed E-state index contributed by atoms with van der Waals surface area (Å²) in [7, 11) is 0. The summed E-state index contributed by atoms with van der Waals surface area (Å²) in [5.74, 6) is -1.83. The molecule has 1 saturated heterocycles. The molecule has 0 bridgehead atoms. The van der Waals surface area contributed by atoms with Gasteiger partial charge in [0.25, 0.3) is 0 Å². The van der Waals surface area contributed by atoms with Crippen LogP contribution in [0.1, 0.15) is 81.6 Å².